The second kappa shape index (κ2) is 7.01. The van der Waals surface area contributed by atoms with Gasteiger partial charge in [0, 0.05) is 13.1 Å². The molecule has 0 unspecified atom stereocenters. The molecule has 128 valence electrons. The fourth-order valence-electron chi connectivity index (χ4n) is 2.77. The Bertz CT molecular complexity index is 788. The highest BCUT2D eigenvalue weighted by molar-refractivity contribution is 7.89. The Morgan fingerprint density at radius 3 is 2.42 bits per heavy atom. The van der Waals surface area contributed by atoms with Crippen LogP contribution in [-0.2, 0) is 21.2 Å². The summed E-state index contributed by atoms with van der Waals surface area (Å²) in [6, 6.07) is 13.0. The zero-order chi connectivity index (χ0) is 17.2. The van der Waals surface area contributed by atoms with E-state index in [1.807, 2.05) is 19.1 Å². The van der Waals surface area contributed by atoms with Crippen molar-refractivity contribution in [2.24, 2.45) is 0 Å². The maximum Gasteiger partial charge on any atom is 0.243 e. The molecule has 0 aromatic heterocycles. The molecule has 0 spiro atoms. The highest BCUT2D eigenvalue weighted by atomic mass is 32.2. The molecular weight excluding hydrogens is 329 g/mol. The quantitative estimate of drug-likeness (QED) is 0.852. The van der Waals surface area contributed by atoms with Gasteiger partial charge in [-0.2, -0.15) is 4.31 Å². The first-order valence-electron chi connectivity index (χ1n) is 7.97. The van der Waals surface area contributed by atoms with Crippen molar-refractivity contribution >= 4 is 10.0 Å². The van der Waals surface area contributed by atoms with Crippen LogP contribution in [-0.4, -0.2) is 32.4 Å². The number of halogens is 1. The van der Waals surface area contributed by atoms with Gasteiger partial charge in [0.1, 0.15) is 5.82 Å². The van der Waals surface area contributed by atoms with Crippen LogP contribution in [0.3, 0.4) is 0 Å². The van der Waals surface area contributed by atoms with Crippen LogP contribution in [0.15, 0.2) is 53.4 Å². The van der Waals surface area contributed by atoms with Gasteiger partial charge in [-0.25, -0.2) is 12.8 Å². The fraction of sp³-hybridized carbons (Fsp3) is 0.333. The molecule has 1 heterocycles. The zero-order valence-electron chi connectivity index (χ0n) is 13.5. The Balaban J connectivity index is 1.81. The minimum atomic E-state index is -3.56. The van der Waals surface area contributed by atoms with Crippen LogP contribution in [0.5, 0.6) is 0 Å². The summed E-state index contributed by atoms with van der Waals surface area (Å²) in [4.78, 5) is 0.291. The smallest absolute Gasteiger partial charge is 0.243 e. The van der Waals surface area contributed by atoms with Gasteiger partial charge < -0.3 is 4.74 Å². The average Bonchev–Trinajstić information content (AvgIpc) is 2.62. The number of ether oxygens (including phenoxy) is 1. The van der Waals surface area contributed by atoms with E-state index in [2.05, 4.69) is 0 Å². The van der Waals surface area contributed by atoms with Gasteiger partial charge in [-0.05, 0) is 41.8 Å². The van der Waals surface area contributed by atoms with Crippen LogP contribution in [0.1, 0.15) is 24.2 Å². The fourth-order valence-corrected chi connectivity index (χ4v) is 4.19. The molecule has 0 saturated carbocycles. The largest absolute Gasteiger partial charge is 0.371 e. The van der Waals surface area contributed by atoms with Crippen LogP contribution in [0.25, 0.3) is 0 Å². The maximum atomic E-state index is 13.1. The van der Waals surface area contributed by atoms with Crippen molar-refractivity contribution in [1.29, 1.82) is 0 Å². The lowest BCUT2D eigenvalue weighted by Crippen LogP contribution is -2.42. The molecule has 1 aliphatic rings. The third-order valence-corrected chi connectivity index (χ3v) is 6.12. The molecule has 0 aliphatic carbocycles. The summed E-state index contributed by atoms with van der Waals surface area (Å²) in [5.41, 5.74) is 1.87. The molecule has 1 fully saturated rings. The Morgan fingerprint density at radius 2 is 1.79 bits per heavy atom. The molecule has 0 radical (unpaired) electrons. The van der Waals surface area contributed by atoms with E-state index in [1.54, 1.807) is 24.3 Å². The number of benzene rings is 2. The van der Waals surface area contributed by atoms with E-state index < -0.39 is 10.0 Å². The summed E-state index contributed by atoms with van der Waals surface area (Å²) in [5.74, 6) is -0.324. The molecule has 2 aromatic carbocycles. The number of rotatable bonds is 4. The predicted octanol–water partition coefficient (Wildman–Crippen LogP) is 3.15. The second-order valence-electron chi connectivity index (χ2n) is 5.77. The molecule has 0 bridgehead atoms. The summed E-state index contributed by atoms with van der Waals surface area (Å²) in [6.45, 7) is 2.88. The number of hydrogen-bond acceptors (Lipinski definition) is 3. The predicted molar refractivity (Wildman–Crippen MR) is 89.7 cm³/mol. The first-order chi connectivity index (χ1) is 11.5. The first kappa shape index (κ1) is 17.1. The number of sulfonamides is 1. The molecule has 1 aliphatic heterocycles. The monoisotopic (exact) mass is 349 g/mol. The van der Waals surface area contributed by atoms with Gasteiger partial charge in [-0.1, -0.05) is 31.2 Å². The maximum absolute atomic E-state index is 13.1. The van der Waals surface area contributed by atoms with Gasteiger partial charge in [-0.3, -0.25) is 0 Å². The number of aryl methyl sites for hydroxylation is 1. The number of morpholine rings is 1. The number of hydrogen-bond donors (Lipinski definition) is 0. The summed E-state index contributed by atoms with van der Waals surface area (Å²) in [5, 5.41) is 0. The minimum Gasteiger partial charge on any atom is -0.371 e. The lowest BCUT2D eigenvalue weighted by molar-refractivity contribution is -0.00258. The van der Waals surface area contributed by atoms with E-state index in [-0.39, 0.29) is 18.5 Å². The molecule has 3 rings (SSSR count). The Morgan fingerprint density at radius 1 is 1.12 bits per heavy atom. The van der Waals surface area contributed by atoms with Gasteiger partial charge in [0.2, 0.25) is 10.0 Å². The molecule has 0 N–H and O–H groups in total. The van der Waals surface area contributed by atoms with Gasteiger partial charge in [0.15, 0.2) is 0 Å². The van der Waals surface area contributed by atoms with Gasteiger partial charge in [0.05, 0.1) is 17.6 Å². The molecule has 1 atom stereocenters. The summed E-state index contributed by atoms with van der Waals surface area (Å²) in [7, 11) is -3.56. The molecule has 1 saturated heterocycles. The highest BCUT2D eigenvalue weighted by Gasteiger charge is 2.31. The van der Waals surface area contributed by atoms with Crippen LogP contribution in [0.2, 0.25) is 0 Å². The van der Waals surface area contributed by atoms with Crippen LogP contribution in [0.4, 0.5) is 4.39 Å². The Hall–Kier alpha value is -1.76. The van der Waals surface area contributed by atoms with E-state index in [0.29, 0.717) is 18.0 Å². The Labute approximate surface area is 141 Å². The third kappa shape index (κ3) is 3.50. The van der Waals surface area contributed by atoms with E-state index in [0.717, 1.165) is 17.5 Å². The second-order valence-corrected chi connectivity index (χ2v) is 7.71. The molecule has 0 amide bonds. The van der Waals surface area contributed by atoms with Crippen LogP contribution in [0, 0.1) is 5.82 Å². The van der Waals surface area contributed by atoms with Gasteiger partial charge >= 0.3 is 0 Å². The minimum absolute atomic E-state index is 0.226. The lowest BCUT2D eigenvalue weighted by Gasteiger charge is -2.32. The molecular formula is C18H20FNO3S. The summed E-state index contributed by atoms with van der Waals surface area (Å²) >= 11 is 0. The van der Waals surface area contributed by atoms with E-state index >= 15 is 0 Å². The van der Waals surface area contributed by atoms with Crippen LogP contribution < -0.4 is 0 Å². The van der Waals surface area contributed by atoms with Crippen molar-refractivity contribution in [3.05, 3.63) is 65.5 Å². The van der Waals surface area contributed by atoms with Crippen molar-refractivity contribution in [1.82, 2.24) is 4.31 Å². The third-order valence-electron chi connectivity index (χ3n) is 4.24. The SMILES string of the molecule is CCc1ccc(S(=O)(=O)N2CCO[C@@H](c3ccc(F)cc3)C2)cc1. The van der Waals surface area contributed by atoms with E-state index in [1.165, 1.54) is 16.4 Å². The van der Waals surface area contributed by atoms with Gasteiger partial charge in [0.25, 0.3) is 0 Å². The topological polar surface area (TPSA) is 46.6 Å². The normalized spacial score (nSPS) is 19.3. The van der Waals surface area contributed by atoms with Crippen molar-refractivity contribution in [3.63, 3.8) is 0 Å². The van der Waals surface area contributed by atoms with Crippen molar-refractivity contribution in [2.45, 2.75) is 24.3 Å². The average molecular weight is 349 g/mol. The van der Waals surface area contributed by atoms with E-state index in [9.17, 15) is 12.8 Å². The number of nitrogens with zero attached hydrogens (tertiary/aromatic N) is 1. The Kier molecular flexibility index (Phi) is 4.99. The lowest BCUT2D eigenvalue weighted by atomic mass is 10.1. The zero-order valence-corrected chi connectivity index (χ0v) is 14.3. The van der Waals surface area contributed by atoms with Crippen LogP contribution >= 0.6 is 0 Å². The molecule has 4 nitrogen and oxygen atoms in total. The molecule has 6 heteroatoms. The summed E-state index contributed by atoms with van der Waals surface area (Å²) in [6.07, 6.45) is 0.480. The van der Waals surface area contributed by atoms with Gasteiger partial charge in [-0.15, -0.1) is 0 Å². The van der Waals surface area contributed by atoms with Crippen molar-refractivity contribution in [2.75, 3.05) is 19.7 Å². The van der Waals surface area contributed by atoms with E-state index in [4.69, 9.17) is 4.74 Å². The molecule has 24 heavy (non-hydrogen) atoms. The molecule has 2 aromatic rings. The van der Waals surface area contributed by atoms with Crippen molar-refractivity contribution in [3.8, 4) is 0 Å². The summed E-state index contributed by atoms with van der Waals surface area (Å²) < 4.78 is 45.8. The van der Waals surface area contributed by atoms with Crippen molar-refractivity contribution < 1.29 is 17.5 Å². The standard InChI is InChI=1S/C18H20FNO3S/c1-2-14-3-9-17(10-4-14)24(21,22)20-11-12-23-18(13-20)15-5-7-16(19)8-6-15/h3-10,18H,2,11-13H2,1H3/t18-/m1/s1. The first-order valence-corrected chi connectivity index (χ1v) is 9.41. The highest BCUT2D eigenvalue weighted by Crippen LogP contribution is 2.26.